The molecular formula is C15H24N2O. The van der Waals surface area contributed by atoms with E-state index in [1.54, 1.807) is 0 Å². The first-order valence-electron chi connectivity index (χ1n) is 6.96. The zero-order valence-corrected chi connectivity index (χ0v) is 11.7. The van der Waals surface area contributed by atoms with Crippen LogP contribution < -0.4 is 5.32 Å². The van der Waals surface area contributed by atoms with Crippen LogP contribution in [-0.4, -0.2) is 24.7 Å². The van der Waals surface area contributed by atoms with Gasteiger partial charge in [0.25, 0.3) is 0 Å². The van der Waals surface area contributed by atoms with Crippen LogP contribution >= 0.6 is 0 Å². The molecule has 1 atom stereocenters. The van der Waals surface area contributed by atoms with Gasteiger partial charge in [-0.1, -0.05) is 13.0 Å². The molecule has 1 aliphatic rings. The molecule has 3 nitrogen and oxygen atoms in total. The lowest BCUT2D eigenvalue weighted by atomic mass is 9.87. The Bertz CT molecular complexity index is 386. The first-order chi connectivity index (χ1) is 8.72. The van der Waals surface area contributed by atoms with E-state index in [1.165, 1.54) is 16.8 Å². The van der Waals surface area contributed by atoms with E-state index in [-0.39, 0.29) is 0 Å². The molecule has 0 saturated carbocycles. The quantitative estimate of drug-likeness (QED) is 0.889. The fraction of sp³-hybridized carbons (Fsp3) is 0.667. The van der Waals surface area contributed by atoms with Crippen molar-refractivity contribution in [3.63, 3.8) is 0 Å². The van der Waals surface area contributed by atoms with Gasteiger partial charge in [-0.05, 0) is 50.3 Å². The van der Waals surface area contributed by atoms with Crippen LogP contribution in [0, 0.1) is 19.8 Å². The van der Waals surface area contributed by atoms with Gasteiger partial charge in [-0.25, -0.2) is 0 Å². The molecule has 1 fully saturated rings. The van der Waals surface area contributed by atoms with Crippen molar-refractivity contribution in [2.45, 2.75) is 39.7 Å². The summed E-state index contributed by atoms with van der Waals surface area (Å²) in [5, 5.41) is 3.61. The van der Waals surface area contributed by atoms with Gasteiger partial charge in [0, 0.05) is 19.4 Å². The van der Waals surface area contributed by atoms with E-state index < -0.39 is 0 Å². The lowest BCUT2D eigenvalue weighted by molar-refractivity contribution is 0.0532. The first kappa shape index (κ1) is 13.5. The smallest absolute Gasteiger partial charge is 0.0605 e. The molecule has 0 bridgehead atoms. The Kier molecular flexibility index (Phi) is 4.72. The molecule has 0 spiro atoms. The Balaban J connectivity index is 2.22. The fourth-order valence-electron chi connectivity index (χ4n) is 2.81. The normalized spacial score (nSPS) is 18.8. The van der Waals surface area contributed by atoms with Gasteiger partial charge in [0.15, 0.2) is 0 Å². The summed E-state index contributed by atoms with van der Waals surface area (Å²) in [6.07, 6.45) is 4.24. The second kappa shape index (κ2) is 6.30. The number of nitrogens with zero attached hydrogens (tertiary/aromatic N) is 1. The largest absolute Gasteiger partial charge is 0.381 e. The standard InChI is InChI=1S/C15H24N2O/c1-4-16-15(13-5-7-18-8-6-13)14-12(3)9-11(2)10-17-14/h9-10,13,15-16H,4-8H2,1-3H3. The lowest BCUT2D eigenvalue weighted by Gasteiger charge is -2.31. The molecule has 0 aromatic carbocycles. The molecule has 1 saturated heterocycles. The topological polar surface area (TPSA) is 34.2 Å². The monoisotopic (exact) mass is 248 g/mol. The Morgan fingerprint density at radius 3 is 2.72 bits per heavy atom. The third kappa shape index (κ3) is 3.09. The average Bonchev–Trinajstić information content (AvgIpc) is 2.38. The Hall–Kier alpha value is -0.930. The van der Waals surface area contributed by atoms with Crippen LogP contribution in [0.15, 0.2) is 12.3 Å². The number of nitrogens with one attached hydrogen (secondary N) is 1. The predicted octanol–water partition coefficient (Wildman–Crippen LogP) is 2.78. The van der Waals surface area contributed by atoms with Crippen LogP contribution in [0.1, 0.15) is 42.6 Å². The molecule has 18 heavy (non-hydrogen) atoms. The summed E-state index contributed by atoms with van der Waals surface area (Å²) in [4.78, 5) is 4.67. The van der Waals surface area contributed by atoms with Crippen molar-refractivity contribution in [1.82, 2.24) is 10.3 Å². The second-order valence-electron chi connectivity index (χ2n) is 5.20. The van der Waals surface area contributed by atoms with Crippen molar-refractivity contribution in [3.8, 4) is 0 Å². The Labute approximate surface area is 110 Å². The predicted molar refractivity (Wildman–Crippen MR) is 73.7 cm³/mol. The number of aromatic nitrogens is 1. The van der Waals surface area contributed by atoms with Crippen LogP contribution in [-0.2, 0) is 4.74 Å². The van der Waals surface area contributed by atoms with Crippen molar-refractivity contribution < 1.29 is 4.74 Å². The van der Waals surface area contributed by atoms with Gasteiger partial charge >= 0.3 is 0 Å². The zero-order chi connectivity index (χ0) is 13.0. The van der Waals surface area contributed by atoms with E-state index in [1.807, 2.05) is 6.20 Å². The third-order valence-corrected chi connectivity index (χ3v) is 3.71. The van der Waals surface area contributed by atoms with E-state index in [9.17, 15) is 0 Å². The molecule has 0 radical (unpaired) electrons. The second-order valence-corrected chi connectivity index (χ2v) is 5.20. The third-order valence-electron chi connectivity index (χ3n) is 3.71. The van der Waals surface area contributed by atoms with E-state index >= 15 is 0 Å². The van der Waals surface area contributed by atoms with E-state index in [0.717, 1.165) is 32.6 Å². The number of hydrogen-bond acceptors (Lipinski definition) is 3. The average molecular weight is 248 g/mol. The molecule has 2 heterocycles. The number of pyridine rings is 1. The minimum atomic E-state index is 0.375. The number of ether oxygens (including phenoxy) is 1. The van der Waals surface area contributed by atoms with Crippen molar-refractivity contribution >= 4 is 0 Å². The van der Waals surface area contributed by atoms with Gasteiger partial charge < -0.3 is 10.1 Å². The number of aryl methyl sites for hydroxylation is 2. The fourth-order valence-corrected chi connectivity index (χ4v) is 2.81. The molecule has 0 aliphatic carbocycles. The molecule has 1 unspecified atom stereocenters. The summed E-state index contributed by atoms with van der Waals surface area (Å²) in [7, 11) is 0. The maximum Gasteiger partial charge on any atom is 0.0605 e. The van der Waals surface area contributed by atoms with E-state index in [0.29, 0.717) is 12.0 Å². The summed E-state index contributed by atoms with van der Waals surface area (Å²) in [6, 6.07) is 2.60. The molecule has 3 heteroatoms. The van der Waals surface area contributed by atoms with Crippen LogP contribution in [0.2, 0.25) is 0 Å². The summed E-state index contributed by atoms with van der Waals surface area (Å²) < 4.78 is 5.47. The maximum atomic E-state index is 5.47. The van der Waals surface area contributed by atoms with Crippen molar-refractivity contribution in [2.24, 2.45) is 5.92 Å². The van der Waals surface area contributed by atoms with Gasteiger partial charge in [-0.2, -0.15) is 0 Å². The van der Waals surface area contributed by atoms with Crippen molar-refractivity contribution in [3.05, 3.63) is 29.1 Å². The van der Waals surface area contributed by atoms with Gasteiger partial charge in [0.2, 0.25) is 0 Å². The zero-order valence-electron chi connectivity index (χ0n) is 11.7. The minimum absolute atomic E-state index is 0.375. The highest BCUT2D eigenvalue weighted by Gasteiger charge is 2.26. The molecule has 1 aromatic rings. The molecule has 1 aliphatic heterocycles. The molecule has 1 N–H and O–H groups in total. The molecule has 0 amide bonds. The first-order valence-corrected chi connectivity index (χ1v) is 6.96. The highest BCUT2D eigenvalue weighted by Crippen LogP contribution is 2.30. The summed E-state index contributed by atoms with van der Waals surface area (Å²) in [5.74, 6) is 0.646. The van der Waals surface area contributed by atoms with E-state index in [2.05, 4.69) is 37.1 Å². The highest BCUT2D eigenvalue weighted by molar-refractivity contribution is 5.26. The summed E-state index contributed by atoms with van der Waals surface area (Å²) >= 11 is 0. The lowest BCUT2D eigenvalue weighted by Crippen LogP contribution is -2.33. The number of rotatable bonds is 4. The number of hydrogen-bond donors (Lipinski definition) is 1. The van der Waals surface area contributed by atoms with Crippen LogP contribution in [0.4, 0.5) is 0 Å². The summed E-state index contributed by atoms with van der Waals surface area (Å²) in [5.41, 5.74) is 3.75. The van der Waals surface area contributed by atoms with Crippen LogP contribution in [0.5, 0.6) is 0 Å². The Morgan fingerprint density at radius 2 is 2.11 bits per heavy atom. The van der Waals surface area contributed by atoms with Crippen molar-refractivity contribution in [2.75, 3.05) is 19.8 Å². The van der Waals surface area contributed by atoms with Crippen LogP contribution in [0.3, 0.4) is 0 Å². The van der Waals surface area contributed by atoms with Gasteiger partial charge in [0.05, 0.1) is 11.7 Å². The molecular weight excluding hydrogens is 224 g/mol. The Morgan fingerprint density at radius 1 is 1.39 bits per heavy atom. The maximum absolute atomic E-state index is 5.47. The van der Waals surface area contributed by atoms with Gasteiger partial charge in [-0.3, -0.25) is 4.98 Å². The molecule has 1 aromatic heterocycles. The highest BCUT2D eigenvalue weighted by atomic mass is 16.5. The van der Waals surface area contributed by atoms with Gasteiger partial charge in [0.1, 0.15) is 0 Å². The molecule has 2 rings (SSSR count). The van der Waals surface area contributed by atoms with Crippen molar-refractivity contribution in [1.29, 1.82) is 0 Å². The van der Waals surface area contributed by atoms with Crippen LogP contribution in [0.25, 0.3) is 0 Å². The SMILES string of the molecule is CCNC(c1ncc(C)cc1C)C1CCOCC1. The van der Waals surface area contributed by atoms with Gasteiger partial charge in [-0.15, -0.1) is 0 Å². The van der Waals surface area contributed by atoms with E-state index in [4.69, 9.17) is 4.74 Å². The minimum Gasteiger partial charge on any atom is -0.381 e. The molecule has 100 valence electrons. The summed E-state index contributed by atoms with van der Waals surface area (Å²) in [6.45, 7) is 9.18.